The van der Waals surface area contributed by atoms with Gasteiger partial charge in [0.05, 0.1) is 5.70 Å². The monoisotopic (exact) mass is 231 g/mol. The van der Waals surface area contributed by atoms with Gasteiger partial charge in [0.2, 0.25) is 0 Å². The lowest BCUT2D eigenvalue weighted by atomic mass is 10.1. The molecule has 0 aromatic heterocycles. The fourth-order valence-corrected chi connectivity index (χ4v) is 2.92. The highest BCUT2D eigenvalue weighted by Gasteiger charge is 2.25. The second-order valence-electron chi connectivity index (χ2n) is 3.91. The van der Waals surface area contributed by atoms with Crippen LogP contribution < -0.4 is 5.73 Å². The van der Waals surface area contributed by atoms with Gasteiger partial charge in [-0.15, -0.1) is 0 Å². The van der Waals surface area contributed by atoms with Crippen LogP contribution in [-0.4, -0.2) is 23.2 Å². The number of rotatable bonds is 1. The summed E-state index contributed by atoms with van der Waals surface area (Å²) in [4.78, 5) is 6.80. The minimum absolute atomic E-state index is 0.808. The van der Waals surface area contributed by atoms with Gasteiger partial charge in [-0.05, 0) is 24.1 Å². The van der Waals surface area contributed by atoms with Crippen LogP contribution in [0.1, 0.15) is 12.0 Å². The maximum Gasteiger partial charge on any atom is 0.168 e. The van der Waals surface area contributed by atoms with Gasteiger partial charge in [-0.1, -0.05) is 23.9 Å². The first-order valence-corrected chi connectivity index (χ1v) is 6.27. The van der Waals surface area contributed by atoms with Crippen molar-refractivity contribution in [3.05, 3.63) is 35.2 Å². The number of thioether (sulfide) groups is 1. The molecule has 0 amide bonds. The van der Waals surface area contributed by atoms with Crippen molar-refractivity contribution < 1.29 is 0 Å². The van der Waals surface area contributed by atoms with Gasteiger partial charge in [0.15, 0.2) is 5.17 Å². The average molecular weight is 231 g/mol. The third-order valence-corrected chi connectivity index (χ3v) is 3.69. The fourth-order valence-electron chi connectivity index (χ4n) is 1.96. The lowest BCUT2D eigenvalue weighted by Gasteiger charge is -2.25. The Morgan fingerprint density at radius 2 is 2.06 bits per heavy atom. The van der Waals surface area contributed by atoms with E-state index in [0.29, 0.717) is 0 Å². The van der Waals surface area contributed by atoms with Crippen molar-refractivity contribution in [3.8, 4) is 0 Å². The number of nitrogens with two attached hydrogens (primary N) is 1. The van der Waals surface area contributed by atoms with Crippen LogP contribution in [0.3, 0.4) is 0 Å². The summed E-state index contributed by atoms with van der Waals surface area (Å²) in [6, 6.07) is 8.03. The summed E-state index contributed by atoms with van der Waals surface area (Å²) in [7, 11) is 0. The molecule has 0 unspecified atom stereocenters. The second kappa shape index (κ2) is 3.87. The molecular weight excluding hydrogens is 218 g/mol. The lowest BCUT2D eigenvalue weighted by molar-refractivity contribution is 0.542. The van der Waals surface area contributed by atoms with E-state index in [4.69, 9.17) is 5.73 Å². The topological polar surface area (TPSA) is 41.6 Å². The summed E-state index contributed by atoms with van der Waals surface area (Å²) in [6.07, 6.45) is 1.14. The van der Waals surface area contributed by atoms with E-state index in [-0.39, 0.29) is 0 Å². The molecule has 2 aliphatic heterocycles. The molecule has 1 aromatic carbocycles. The molecule has 4 heteroatoms. The van der Waals surface area contributed by atoms with E-state index in [1.54, 1.807) is 11.8 Å². The lowest BCUT2D eigenvalue weighted by Crippen LogP contribution is -2.28. The van der Waals surface area contributed by atoms with Crippen molar-refractivity contribution in [2.75, 3.05) is 18.8 Å². The molecule has 0 fully saturated rings. The molecular formula is C12H13N3S. The minimum Gasteiger partial charge on any atom is -0.399 e. The molecule has 1 aromatic rings. The van der Waals surface area contributed by atoms with Crippen LogP contribution in [0.2, 0.25) is 0 Å². The van der Waals surface area contributed by atoms with Crippen LogP contribution in [0.15, 0.2) is 34.7 Å². The molecule has 2 heterocycles. The standard InChI is InChI=1S/C12H13N3S/c13-10-4-2-9(3-5-10)11-8-16-12-14-6-1-7-15(11)12/h2-5,8H,1,6-7,13H2. The van der Waals surface area contributed by atoms with Gasteiger partial charge in [-0.25, -0.2) is 0 Å². The van der Waals surface area contributed by atoms with Crippen molar-refractivity contribution in [3.63, 3.8) is 0 Å². The van der Waals surface area contributed by atoms with E-state index in [1.165, 1.54) is 11.3 Å². The summed E-state index contributed by atoms with van der Waals surface area (Å²) in [6.45, 7) is 2.03. The Balaban J connectivity index is 1.93. The van der Waals surface area contributed by atoms with E-state index in [2.05, 4.69) is 27.4 Å². The Kier molecular flexibility index (Phi) is 2.36. The third-order valence-electron chi connectivity index (χ3n) is 2.79. The molecule has 82 valence electrons. The van der Waals surface area contributed by atoms with Gasteiger partial charge in [-0.3, -0.25) is 4.99 Å². The Morgan fingerprint density at radius 1 is 1.25 bits per heavy atom. The van der Waals surface area contributed by atoms with E-state index < -0.39 is 0 Å². The number of nitrogen functional groups attached to an aromatic ring is 1. The predicted octanol–water partition coefficient (Wildman–Crippen LogP) is 2.38. The molecule has 0 atom stereocenters. The summed E-state index contributed by atoms with van der Waals surface area (Å²) in [5.74, 6) is 0. The summed E-state index contributed by atoms with van der Waals surface area (Å²) in [5.41, 5.74) is 8.97. The van der Waals surface area contributed by atoms with Crippen LogP contribution in [0.4, 0.5) is 5.69 Å². The van der Waals surface area contributed by atoms with Crippen LogP contribution >= 0.6 is 11.8 Å². The van der Waals surface area contributed by atoms with Crippen molar-refractivity contribution in [2.24, 2.45) is 4.99 Å². The third kappa shape index (κ3) is 1.59. The Bertz CT molecular complexity index is 462. The highest BCUT2D eigenvalue weighted by molar-refractivity contribution is 8.16. The second-order valence-corrected chi connectivity index (χ2v) is 4.75. The van der Waals surface area contributed by atoms with Crippen molar-refractivity contribution in [2.45, 2.75) is 6.42 Å². The fraction of sp³-hybridized carbons (Fsp3) is 0.250. The van der Waals surface area contributed by atoms with Crippen molar-refractivity contribution in [1.29, 1.82) is 0 Å². The zero-order valence-corrected chi connectivity index (χ0v) is 9.70. The van der Waals surface area contributed by atoms with E-state index in [1.807, 2.05) is 12.1 Å². The molecule has 3 nitrogen and oxygen atoms in total. The number of nitrogens with zero attached hydrogens (tertiary/aromatic N) is 2. The normalized spacial score (nSPS) is 19.1. The van der Waals surface area contributed by atoms with Crippen molar-refractivity contribution >= 4 is 28.3 Å². The Hall–Kier alpha value is -1.42. The number of aliphatic imine (C=N–C) groups is 1. The molecule has 16 heavy (non-hydrogen) atoms. The van der Waals surface area contributed by atoms with E-state index >= 15 is 0 Å². The summed E-state index contributed by atoms with van der Waals surface area (Å²) in [5, 5.41) is 3.31. The van der Waals surface area contributed by atoms with Gasteiger partial charge in [0.25, 0.3) is 0 Å². The van der Waals surface area contributed by atoms with Crippen molar-refractivity contribution in [1.82, 2.24) is 4.90 Å². The molecule has 0 spiro atoms. The summed E-state index contributed by atoms with van der Waals surface area (Å²) >= 11 is 1.72. The van der Waals surface area contributed by atoms with E-state index in [0.717, 1.165) is 30.4 Å². The molecule has 3 rings (SSSR count). The number of hydrogen-bond donors (Lipinski definition) is 1. The minimum atomic E-state index is 0.808. The van der Waals surface area contributed by atoms with Gasteiger partial charge < -0.3 is 10.6 Å². The maximum absolute atomic E-state index is 5.70. The van der Waals surface area contributed by atoms with Crippen LogP contribution in [-0.2, 0) is 0 Å². The molecule has 2 N–H and O–H groups in total. The number of hydrogen-bond acceptors (Lipinski definition) is 4. The van der Waals surface area contributed by atoms with Crippen LogP contribution in [0.25, 0.3) is 5.70 Å². The van der Waals surface area contributed by atoms with Gasteiger partial charge in [0, 0.05) is 24.2 Å². The van der Waals surface area contributed by atoms with Gasteiger partial charge in [0.1, 0.15) is 0 Å². The molecule has 0 bridgehead atoms. The highest BCUT2D eigenvalue weighted by atomic mass is 32.2. The highest BCUT2D eigenvalue weighted by Crippen LogP contribution is 2.34. The number of amidine groups is 1. The zero-order valence-electron chi connectivity index (χ0n) is 8.89. The van der Waals surface area contributed by atoms with Crippen LogP contribution in [0, 0.1) is 0 Å². The first kappa shape index (κ1) is 9.78. The van der Waals surface area contributed by atoms with Crippen LogP contribution in [0.5, 0.6) is 0 Å². The Morgan fingerprint density at radius 3 is 2.88 bits per heavy atom. The van der Waals surface area contributed by atoms with Gasteiger partial charge in [-0.2, -0.15) is 0 Å². The number of benzene rings is 1. The van der Waals surface area contributed by atoms with E-state index in [9.17, 15) is 0 Å². The molecule has 0 radical (unpaired) electrons. The SMILES string of the molecule is Nc1ccc(C2=CSC3=NCCCN23)cc1. The number of fused-ring (bicyclic) bond motifs is 1. The zero-order chi connectivity index (χ0) is 11.0. The molecule has 0 aliphatic carbocycles. The first-order valence-electron chi connectivity index (χ1n) is 5.39. The molecule has 0 saturated carbocycles. The Labute approximate surface area is 99.0 Å². The molecule has 2 aliphatic rings. The molecule has 0 saturated heterocycles. The largest absolute Gasteiger partial charge is 0.399 e. The quantitative estimate of drug-likeness (QED) is 0.754. The maximum atomic E-state index is 5.70. The first-order chi connectivity index (χ1) is 7.84. The van der Waals surface area contributed by atoms with Gasteiger partial charge >= 0.3 is 0 Å². The predicted molar refractivity (Wildman–Crippen MR) is 70.0 cm³/mol. The average Bonchev–Trinajstić information content (AvgIpc) is 2.74. The summed E-state index contributed by atoms with van der Waals surface area (Å²) < 4.78 is 0. The number of anilines is 1. The smallest absolute Gasteiger partial charge is 0.168 e.